The average molecular weight is 467 g/mol. The lowest BCUT2D eigenvalue weighted by Crippen LogP contribution is -2.15. The van der Waals surface area contributed by atoms with Gasteiger partial charge in [-0.15, -0.1) is 0 Å². The number of benzene rings is 3. The van der Waals surface area contributed by atoms with E-state index in [0.717, 1.165) is 23.3 Å². The zero-order valence-electron chi connectivity index (χ0n) is 16.0. The van der Waals surface area contributed by atoms with E-state index in [9.17, 15) is 17.6 Å². The normalized spacial score (nSPS) is 11.2. The molecule has 0 bridgehead atoms. The van der Waals surface area contributed by atoms with Crippen LogP contribution in [0.25, 0.3) is 0 Å². The number of hydrogen-bond acceptors (Lipinski definition) is 3. The van der Waals surface area contributed by atoms with Crippen molar-refractivity contribution in [1.82, 2.24) is 0 Å². The minimum absolute atomic E-state index is 0.00380. The van der Waals surface area contributed by atoms with Crippen LogP contribution in [0.5, 0.6) is 0 Å². The highest BCUT2D eigenvalue weighted by Gasteiger charge is 2.18. The summed E-state index contributed by atoms with van der Waals surface area (Å²) in [5.41, 5.74) is 2.35. The van der Waals surface area contributed by atoms with Gasteiger partial charge in [0, 0.05) is 5.69 Å². The van der Waals surface area contributed by atoms with E-state index in [4.69, 9.17) is 23.2 Å². The van der Waals surface area contributed by atoms with Crippen molar-refractivity contribution in [2.75, 3.05) is 10.0 Å². The SMILES string of the molecule is Cc1cccc(C)c1NS(=O)(=O)c1ccc(NC(=O)c2cc(F)c(Cl)cc2Cl)cc1. The van der Waals surface area contributed by atoms with Crippen molar-refractivity contribution in [3.8, 4) is 0 Å². The number of para-hydroxylation sites is 1. The van der Waals surface area contributed by atoms with Crippen LogP contribution in [0.4, 0.5) is 15.8 Å². The number of rotatable bonds is 5. The molecule has 0 aliphatic carbocycles. The Kier molecular flexibility index (Phi) is 6.36. The molecule has 3 aromatic carbocycles. The Balaban J connectivity index is 1.79. The third kappa shape index (κ3) is 4.75. The molecule has 9 heteroatoms. The Morgan fingerprint density at radius 2 is 1.53 bits per heavy atom. The minimum atomic E-state index is -3.82. The number of nitrogens with one attached hydrogen (secondary N) is 2. The van der Waals surface area contributed by atoms with Crippen LogP contribution >= 0.6 is 23.2 Å². The van der Waals surface area contributed by atoms with E-state index in [1.165, 1.54) is 24.3 Å². The van der Waals surface area contributed by atoms with Crippen molar-refractivity contribution in [3.63, 3.8) is 0 Å². The maximum absolute atomic E-state index is 13.6. The van der Waals surface area contributed by atoms with E-state index >= 15 is 0 Å². The van der Waals surface area contributed by atoms with Gasteiger partial charge in [0.05, 0.1) is 26.2 Å². The van der Waals surface area contributed by atoms with E-state index in [2.05, 4.69) is 10.0 Å². The summed E-state index contributed by atoms with van der Waals surface area (Å²) in [6, 6.07) is 13.1. The van der Waals surface area contributed by atoms with Gasteiger partial charge >= 0.3 is 0 Å². The molecule has 0 saturated carbocycles. The lowest BCUT2D eigenvalue weighted by Gasteiger charge is -2.13. The minimum Gasteiger partial charge on any atom is -0.322 e. The van der Waals surface area contributed by atoms with Crippen LogP contribution in [0.1, 0.15) is 21.5 Å². The summed E-state index contributed by atoms with van der Waals surface area (Å²) >= 11 is 11.6. The Bertz CT molecular complexity index is 1210. The zero-order valence-corrected chi connectivity index (χ0v) is 18.3. The highest BCUT2D eigenvalue weighted by molar-refractivity contribution is 7.92. The predicted molar refractivity (Wildman–Crippen MR) is 118 cm³/mol. The van der Waals surface area contributed by atoms with E-state index in [-0.39, 0.29) is 20.5 Å². The topological polar surface area (TPSA) is 75.3 Å². The summed E-state index contributed by atoms with van der Waals surface area (Å²) in [7, 11) is -3.82. The van der Waals surface area contributed by atoms with E-state index in [1.54, 1.807) is 0 Å². The number of sulfonamides is 1. The molecule has 5 nitrogen and oxygen atoms in total. The van der Waals surface area contributed by atoms with Gasteiger partial charge in [-0.25, -0.2) is 12.8 Å². The second-order valence-corrected chi connectivity index (χ2v) is 9.09. The second-order valence-electron chi connectivity index (χ2n) is 6.60. The number of anilines is 2. The molecule has 0 atom stereocenters. The largest absolute Gasteiger partial charge is 0.322 e. The third-order valence-electron chi connectivity index (χ3n) is 4.39. The second kappa shape index (κ2) is 8.63. The fourth-order valence-electron chi connectivity index (χ4n) is 2.78. The molecule has 1 amide bonds. The van der Waals surface area contributed by atoms with Gasteiger partial charge in [-0.2, -0.15) is 0 Å². The fraction of sp³-hybridized carbons (Fsp3) is 0.0952. The quantitative estimate of drug-likeness (QED) is 0.466. The maximum atomic E-state index is 13.6. The number of amides is 1. The van der Waals surface area contributed by atoms with Gasteiger partial charge in [0.2, 0.25) is 0 Å². The standard InChI is InChI=1S/C21H17Cl2FN2O3S/c1-12-4-3-5-13(2)20(12)26-30(28,29)15-8-6-14(7-9-15)25-21(27)16-10-19(24)18(23)11-17(16)22/h3-11,26H,1-2H3,(H,25,27). The summed E-state index contributed by atoms with van der Waals surface area (Å²) in [6.07, 6.45) is 0. The van der Waals surface area contributed by atoms with Crippen LogP contribution in [0, 0.1) is 19.7 Å². The highest BCUT2D eigenvalue weighted by Crippen LogP contribution is 2.26. The molecule has 156 valence electrons. The summed E-state index contributed by atoms with van der Waals surface area (Å²) in [5.74, 6) is -1.43. The molecule has 0 aliphatic rings. The van der Waals surface area contributed by atoms with E-state index in [1.807, 2.05) is 32.0 Å². The number of aryl methyl sites for hydroxylation is 2. The van der Waals surface area contributed by atoms with Crippen molar-refractivity contribution in [3.05, 3.63) is 87.2 Å². The zero-order chi connectivity index (χ0) is 22.1. The van der Waals surface area contributed by atoms with Gasteiger partial charge in [0.1, 0.15) is 5.82 Å². The van der Waals surface area contributed by atoms with Gasteiger partial charge in [0.25, 0.3) is 15.9 Å². The molecule has 2 N–H and O–H groups in total. The lowest BCUT2D eigenvalue weighted by atomic mass is 10.1. The Hall–Kier alpha value is -2.61. The average Bonchev–Trinajstić information content (AvgIpc) is 2.68. The van der Waals surface area contributed by atoms with Crippen molar-refractivity contribution in [2.45, 2.75) is 18.7 Å². The van der Waals surface area contributed by atoms with Crippen LogP contribution in [0.2, 0.25) is 10.0 Å². The number of carbonyl (C=O) groups excluding carboxylic acids is 1. The molecule has 3 aromatic rings. The molecule has 0 fully saturated rings. The van der Waals surface area contributed by atoms with Crippen molar-refractivity contribution in [2.24, 2.45) is 0 Å². The van der Waals surface area contributed by atoms with Crippen LogP contribution < -0.4 is 10.0 Å². The molecule has 0 saturated heterocycles. The Labute approximate surface area is 183 Å². The molecule has 0 radical (unpaired) electrons. The lowest BCUT2D eigenvalue weighted by molar-refractivity contribution is 0.102. The highest BCUT2D eigenvalue weighted by atomic mass is 35.5. The number of halogens is 3. The first kappa shape index (κ1) is 22.1. The monoisotopic (exact) mass is 466 g/mol. The fourth-order valence-corrected chi connectivity index (χ4v) is 4.45. The first-order valence-electron chi connectivity index (χ1n) is 8.73. The molecule has 0 heterocycles. The third-order valence-corrected chi connectivity index (χ3v) is 6.36. The van der Waals surface area contributed by atoms with Crippen LogP contribution in [-0.2, 0) is 10.0 Å². The van der Waals surface area contributed by atoms with Gasteiger partial charge in [-0.3, -0.25) is 9.52 Å². The predicted octanol–water partition coefficient (Wildman–Crippen LogP) is 5.80. The summed E-state index contributed by atoms with van der Waals surface area (Å²) in [4.78, 5) is 12.4. The maximum Gasteiger partial charge on any atom is 0.261 e. The number of carbonyl (C=O) groups is 1. The van der Waals surface area contributed by atoms with Gasteiger partial charge in [-0.1, -0.05) is 41.4 Å². The number of hydrogen-bond donors (Lipinski definition) is 2. The van der Waals surface area contributed by atoms with Crippen LogP contribution in [0.3, 0.4) is 0 Å². The van der Waals surface area contributed by atoms with Crippen LogP contribution in [-0.4, -0.2) is 14.3 Å². The van der Waals surface area contributed by atoms with Crippen molar-refractivity contribution in [1.29, 1.82) is 0 Å². The first-order chi connectivity index (χ1) is 14.1. The Morgan fingerprint density at radius 1 is 0.933 bits per heavy atom. The van der Waals surface area contributed by atoms with E-state index < -0.39 is 21.7 Å². The first-order valence-corrected chi connectivity index (χ1v) is 11.0. The molecular weight excluding hydrogens is 450 g/mol. The molecule has 0 unspecified atom stereocenters. The van der Waals surface area contributed by atoms with Gasteiger partial charge in [0.15, 0.2) is 0 Å². The Morgan fingerprint density at radius 3 is 2.13 bits per heavy atom. The van der Waals surface area contributed by atoms with Gasteiger partial charge in [-0.05, 0) is 61.4 Å². The smallest absolute Gasteiger partial charge is 0.261 e. The molecule has 3 rings (SSSR count). The van der Waals surface area contributed by atoms with Gasteiger partial charge < -0.3 is 5.32 Å². The molecule has 0 aliphatic heterocycles. The van der Waals surface area contributed by atoms with Crippen molar-refractivity contribution < 1.29 is 17.6 Å². The molecule has 0 aromatic heterocycles. The summed E-state index contributed by atoms with van der Waals surface area (Å²) in [5, 5.41) is 2.35. The van der Waals surface area contributed by atoms with Crippen LogP contribution in [0.15, 0.2) is 59.5 Å². The molecule has 0 spiro atoms. The molecular formula is C21H17Cl2FN2O3S. The van der Waals surface area contributed by atoms with Crippen molar-refractivity contribution >= 4 is 50.5 Å². The summed E-state index contributed by atoms with van der Waals surface area (Å²) < 4.78 is 41.6. The van der Waals surface area contributed by atoms with E-state index in [0.29, 0.717) is 11.4 Å². The summed E-state index contributed by atoms with van der Waals surface area (Å²) in [6.45, 7) is 3.63. The molecule has 30 heavy (non-hydrogen) atoms.